The number of nitriles is 1. The van der Waals surface area contributed by atoms with Crippen LogP contribution in [-0.4, -0.2) is 24.9 Å². The van der Waals surface area contributed by atoms with Crippen molar-refractivity contribution < 1.29 is 9.59 Å². The van der Waals surface area contributed by atoms with Gasteiger partial charge in [0.1, 0.15) is 6.42 Å². The monoisotopic (exact) mass is 321 g/mol. The fourth-order valence-electron chi connectivity index (χ4n) is 2.20. The zero-order valence-corrected chi connectivity index (χ0v) is 13.3. The van der Waals surface area contributed by atoms with E-state index in [0.29, 0.717) is 25.1 Å². The molecule has 0 unspecified atom stereocenters. The molecular formula is C19H19N3O2. The molecule has 0 atom stereocenters. The van der Waals surface area contributed by atoms with Crippen LogP contribution in [0.3, 0.4) is 0 Å². The Kier molecular flexibility index (Phi) is 6.54. The van der Waals surface area contributed by atoms with Gasteiger partial charge in [0.2, 0.25) is 5.91 Å². The molecule has 122 valence electrons. The molecule has 2 amide bonds. The largest absolute Gasteiger partial charge is 0.355 e. The van der Waals surface area contributed by atoms with Crippen molar-refractivity contribution in [1.29, 1.82) is 5.26 Å². The van der Waals surface area contributed by atoms with E-state index in [-0.39, 0.29) is 18.2 Å². The molecule has 2 rings (SSSR count). The average molecular weight is 321 g/mol. The van der Waals surface area contributed by atoms with E-state index in [1.165, 1.54) is 0 Å². The van der Waals surface area contributed by atoms with Crippen molar-refractivity contribution in [3.63, 3.8) is 0 Å². The summed E-state index contributed by atoms with van der Waals surface area (Å²) in [5.74, 6) is -0.432. The standard InChI is InChI=1S/C19H19N3O2/c20-12-11-18(23)21-13-4-14-22-19(24)17-9-7-16(8-10-17)15-5-2-1-3-6-15/h1-3,5-10H,4,11,13-14H2,(H,21,23)(H,22,24). The van der Waals surface area contributed by atoms with Crippen molar-refractivity contribution in [1.82, 2.24) is 10.6 Å². The minimum atomic E-state index is -0.291. The molecule has 0 fully saturated rings. The van der Waals surface area contributed by atoms with E-state index in [1.54, 1.807) is 18.2 Å². The highest BCUT2D eigenvalue weighted by atomic mass is 16.2. The number of nitrogens with zero attached hydrogens (tertiary/aromatic N) is 1. The van der Waals surface area contributed by atoms with Crippen LogP contribution in [0.4, 0.5) is 0 Å². The fraction of sp³-hybridized carbons (Fsp3) is 0.211. The van der Waals surface area contributed by atoms with E-state index in [1.807, 2.05) is 42.5 Å². The SMILES string of the molecule is N#CCC(=O)NCCCNC(=O)c1ccc(-c2ccccc2)cc1. The van der Waals surface area contributed by atoms with Gasteiger partial charge in [-0.1, -0.05) is 42.5 Å². The maximum atomic E-state index is 12.1. The molecule has 0 saturated heterocycles. The van der Waals surface area contributed by atoms with Gasteiger partial charge in [-0.25, -0.2) is 0 Å². The summed E-state index contributed by atoms with van der Waals surface area (Å²) in [6, 6.07) is 19.2. The Morgan fingerprint density at radius 3 is 2.17 bits per heavy atom. The molecule has 2 N–H and O–H groups in total. The molecule has 2 aromatic rings. The summed E-state index contributed by atoms with van der Waals surface area (Å²) in [5.41, 5.74) is 2.77. The van der Waals surface area contributed by atoms with Crippen LogP contribution in [0.15, 0.2) is 54.6 Å². The number of carbonyl (C=O) groups excluding carboxylic acids is 2. The lowest BCUT2D eigenvalue weighted by atomic mass is 10.0. The van der Waals surface area contributed by atoms with Crippen LogP contribution in [0.25, 0.3) is 11.1 Å². The normalized spacial score (nSPS) is 9.79. The highest BCUT2D eigenvalue weighted by Gasteiger charge is 2.05. The lowest BCUT2D eigenvalue weighted by Crippen LogP contribution is -2.29. The van der Waals surface area contributed by atoms with Gasteiger partial charge in [-0.2, -0.15) is 5.26 Å². The van der Waals surface area contributed by atoms with Gasteiger partial charge >= 0.3 is 0 Å². The Labute approximate surface area is 141 Å². The smallest absolute Gasteiger partial charge is 0.251 e. The first kappa shape index (κ1) is 17.2. The Morgan fingerprint density at radius 2 is 1.50 bits per heavy atom. The molecule has 0 bridgehead atoms. The Bertz CT molecular complexity index is 719. The second-order valence-electron chi connectivity index (χ2n) is 5.24. The predicted octanol–water partition coefficient (Wildman–Crippen LogP) is 2.50. The Hall–Kier alpha value is -3.13. The van der Waals surface area contributed by atoms with Gasteiger partial charge < -0.3 is 10.6 Å². The van der Waals surface area contributed by atoms with E-state index in [0.717, 1.165) is 11.1 Å². The maximum absolute atomic E-state index is 12.1. The van der Waals surface area contributed by atoms with Crippen molar-refractivity contribution >= 4 is 11.8 Å². The van der Waals surface area contributed by atoms with Crippen molar-refractivity contribution in [3.05, 3.63) is 60.2 Å². The number of hydrogen-bond donors (Lipinski definition) is 2. The molecular weight excluding hydrogens is 302 g/mol. The van der Waals surface area contributed by atoms with Gasteiger partial charge in [0.15, 0.2) is 0 Å². The van der Waals surface area contributed by atoms with E-state index >= 15 is 0 Å². The van der Waals surface area contributed by atoms with Crippen LogP contribution in [0.1, 0.15) is 23.2 Å². The summed E-state index contributed by atoms with van der Waals surface area (Å²) in [6.45, 7) is 0.903. The summed E-state index contributed by atoms with van der Waals surface area (Å²) >= 11 is 0. The van der Waals surface area contributed by atoms with E-state index in [9.17, 15) is 9.59 Å². The first-order chi connectivity index (χ1) is 11.7. The lowest BCUT2D eigenvalue weighted by molar-refractivity contribution is -0.120. The van der Waals surface area contributed by atoms with Gasteiger partial charge in [-0.3, -0.25) is 9.59 Å². The minimum Gasteiger partial charge on any atom is -0.355 e. The molecule has 5 heteroatoms. The molecule has 0 heterocycles. The van der Waals surface area contributed by atoms with E-state index in [4.69, 9.17) is 5.26 Å². The zero-order valence-electron chi connectivity index (χ0n) is 13.3. The number of nitrogens with one attached hydrogen (secondary N) is 2. The third kappa shape index (κ3) is 5.25. The van der Waals surface area contributed by atoms with Gasteiger partial charge in [-0.05, 0) is 29.7 Å². The first-order valence-corrected chi connectivity index (χ1v) is 7.78. The molecule has 2 aromatic carbocycles. The molecule has 0 aliphatic rings. The minimum absolute atomic E-state index is 0.139. The lowest BCUT2D eigenvalue weighted by Gasteiger charge is -2.07. The summed E-state index contributed by atoms with van der Waals surface area (Å²) in [7, 11) is 0. The third-order valence-corrected chi connectivity index (χ3v) is 3.46. The average Bonchev–Trinajstić information content (AvgIpc) is 2.62. The quantitative estimate of drug-likeness (QED) is 0.769. The van der Waals surface area contributed by atoms with Gasteiger partial charge in [-0.15, -0.1) is 0 Å². The molecule has 0 saturated carbocycles. The van der Waals surface area contributed by atoms with Crippen molar-refractivity contribution in [2.75, 3.05) is 13.1 Å². The van der Waals surface area contributed by atoms with Crippen LogP contribution < -0.4 is 10.6 Å². The molecule has 0 radical (unpaired) electrons. The summed E-state index contributed by atoms with van der Waals surface area (Å²) in [5, 5.41) is 13.8. The van der Waals surface area contributed by atoms with Crippen molar-refractivity contribution in [2.45, 2.75) is 12.8 Å². The van der Waals surface area contributed by atoms with Gasteiger partial charge in [0, 0.05) is 18.7 Å². The van der Waals surface area contributed by atoms with Crippen LogP contribution in [0.5, 0.6) is 0 Å². The predicted molar refractivity (Wildman–Crippen MR) is 92.1 cm³/mol. The fourth-order valence-corrected chi connectivity index (χ4v) is 2.20. The summed E-state index contributed by atoms with van der Waals surface area (Å²) < 4.78 is 0. The van der Waals surface area contributed by atoms with E-state index < -0.39 is 0 Å². The van der Waals surface area contributed by atoms with Crippen molar-refractivity contribution in [3.8, 4) is 17.2 Å². The van der Waals surface area contributed by atoms with Crippen LogP contribution >= 0.6 is 0 Å². The highest BCUT2D eigenvalue weighted by Crippen LogP contribution is 2.19. The molecule has 0 aliphatic carbocycles. The van der Waals surface area contributed by atoms with Crippen LogP contribution in [-0.2, 0) is 4.79 Å². The third-order valence-electron chi connectivity index (χ3n) is 3.46. The summed E-state index contributed by atoms with van der Waals surface area (Å²) in [6.07, 6.45) is 0.477. The number of carbonyl (C=O) groups is 2. The van der Waals surface area contributed by atoms with Crippen LogP contribution in [0.2, 0.25) is 0 Å². The van der Waals surface area contributed by atoms with Crippen molar-refractivity contribution in [2.24, 2.45) is 0 Å². The Morgan fingerprint density at radius 1 is 0.875 bits per heavy atom. The van der Waals surface area contributed by atoms with E-state index in [2.05, 4.69) is 10.6 Å². The Balaban J connectivity index is 1.77. The number of hydrogen-bond acceptors (Lipinski definition) is 3. The summed E-state index contributed by atoms with van der Waals surface area (Å²) in [4.78, 5) is 23.1. The molecule has 0 aromatic heterocycles. The zero-order chi connectivity index (χ0) is 17.2. The number of benzene rings is 2. The topological polar surface area (TPSA) is 82.0 Å². The first-order valence-electron chi connectivity index (χ1n) is 7.78. The van der Waals surface area contributed by atoms with Gasteiger partial charge in [0.05, 0.1) is 6.07 Å². The maximum Gasteiger partial charge on any atom is 0.251 e. The molecule has 5 nitrogen and oxygen atoms in total. The number of amides is 2. The van der Waals surface area contributed by atoms with Gasteiger partial charge in [0.25, 0.3) is 5.91 Å². The molecule has 0 aliphatic heterocycles. The van der Waals surface area contributed by atoms with Crippen LogP contribution in [0, 0.1) is 11.3 Å². The second-order valence-corrected chi connectivity index (χ2v) is 5.24. The number of rotatable bonds is 7. The molecule has 0 spiro atoms. The second kappa shape index (κ2) is 9.11. The highest BCUT2D eigenvalue weighted by molar-refractivity contribution is 5.94. The molecule has 24 heavy (non-hydrogen) atoms.